The van der Waals surface area contributed by atoms with Crippen LogP contribution in [-0.4, -0.2) is 11.2 Å². The first-order valence-corrected chi connectivity index (χ1v) is 4.74. The third kappa shape index (κ3) is 1.78. The monoisotopic (exact) mass is 167 g/mol. The Morgan fingerprint density at radius 3 is 2.42 bits per heavy atom. The molecule has 0 aromatic heterocycles. The Morgan fingerprint density at radius 1 is 1.33 bits per heavy atom. The average Bonchev–Trinajstić information content (AvgIpc) is 2.50. The molecule has 1 aliphatic carbocycles. The molecule has 0 aromatic rings. The highest BCUT2D eigenvalue weighted by Crippen LogP contribution is 2.38. The van der Waals surface area contributed by atoms with Crippen LogP contribution in [0, 0.1) is 29.1 Å². The Hall–Kier alpha value is -0.550. The van der Waals surface area contributed by atoms with E-state index in [9.17, 15) is 5.11 Å². The summed E-state index contributed by atoms with van der Waals surface area (Å²) < 4.78 is 0. The zero-order chi connectivity index (χ0) is 9.14. The molecule has 3 atom stereocenters. The van der Waals surface area contributed by atoms with E-state index in [1.165, 1.54) is 12.8 Å². The Balaban J connectivity index is 2.59. The normalized spacial score (nSPS) is 31.9. The topological polar surface area (TPSA) is 44.0 Å². The van der Waals surface area contributed by atoms with Crippen LogP contribution in [0.3, 0.4) is 0 Å². The summed E-state index contributed by atoms with van der Waals surface area (Å²) in [5.41, 5.74) is 0. The molecule has 3 unspecified atom stereocenters. The molecular weight excluding hydrogens is 150 g/mol. The van der Waals surface area contributed by atoms with Gasteiger partial charge in [0.25, 0.3) is 0 Å². The van der Waals surface area contributed by atoms with Gasteiger partial charge in [0.2, 0.25) is 0 Å². The van der Waals surface area contributed by atoms with Crippen molar-refractivity contribution in [1.82, 2.24) is 0 Å². The minimum Gasteiger partial charge on any atom is -0.378 e. The maximum absolute atomic E-state index is 9.42. The minimum atomic E-state index is -0.736. The molecule has 1 fully saturated rings. The first kappa shape index (κ1) is 9.54. The van der Waals surface area contributed by atoms with Gasteiger partial charge < -0.3 is 5.11 Å². The standard InChI is InChI=1S/C10H17NO/c1-7(2)8-4-3-5-9(8)10(12)6-11/h7-10,12H,3-5H2,1-2H3. The van der Waals surface area contributed by atoms with Gasteiger partial charge in [-0.3, -0.25) is 0 Å². The molecule has 2 heteroatoms. The van der Waals surface area contributed by atoms with Gasteiger partial charge in [0, 0.05) is 5.92 Å². The van der Waals surface area contributed by atoms with Crippen molar-refractivity contribution in [1.29, 1.82) is 5.26 Å². The van der Waals surface area contributed by atoms with Crippen LogP contribution < -0.4 is 0 Å². The Kier molecular flexibility index (Phi) is 3.11. The molecular formula is C10H17NO. The number of aliphatic hydroxyl groups is 1. The molecule has 1 aliphatic rings. The lowest BCUT2D eigenvalue weighted by Crippen LogP contribution is -2.25. The van der Waals surface area contributed by atoms with E-state index in [0.29, 0.717) is 11.8 Å². The van der Waals surface area contributed by atoms with Gasteiger partial charge in [-0.15, -0.1) is 0 Å². The summed E-state index contributed by atoms with van der Waals surface area (Å²) in [4.78, 5) is 0. The number of nitriles is 1. The van der Waals surface area contributed by atoms with Crippen LogP contribution in [0.4, 0.5) is 0 Å². The molecule has 0 heterocycles. The molecule has 0 radical (unpaired) electrons. The lowest BCUT2D eigenvalue weighted by molar-refractivity contribution is 0.115. The minimum absolute atomic E-state index is 0.231. The van der Waals surface area contributed by atoms with E-state index < -0.39 is 6.10 Å². The van der Waals surface area contributed by atoms with Crippen LogP contribution in [0.5, 0.6) is 0 Å². The van der Waals surface area contributed by atoms with Crippen LogP contribution in [-0.2, 0) is 0 Å². The second-order valence-electron chi connectivity index (χ2n) is 4.08. The van der Waals surface area contributed by atoms with Gasteiger partial charge in [-0.1, -0.05) is 20.3 Å². The van der Waals surface area contributed by atoms with Crippen LogP contribution in [0.25, 0.3) is 0 Å². The molecule has 0 aliphatic heterocycles. The van der Waals surface area contributed by atoms with E-state index in [1.54, 1.807) is 0 Å². The van der Waals surface area contributed by atoms with Crippen molar-refractivity contribution in [3.8, 4) is 6.07 Å². The zero-order valence-electron chi connectivity index (χ0n) is 7.83. The fourth-order valence-electron chi connectivity index (χ4n) is 2.33. The highest BCUT2D eigenvalue weighted by atomic mass is 16.3. The number of aliphatic hydroxyl groups excluding tert-OH is 1. The first-order valence-electron chi connectivity index (χ1n) is 4.74. The van der Waals surface area contributed by atoms with Crippen molar-refractivity contribution >= 4 is 0 Å². The summed E-state index contributed by atoms with van der Waals surface area (Å²) in [5, 5.41) is 18.0. The summed E-state index contributed by atoms with van der Waals surface area (Å²) in [6.07, 6.45) is 2.64. The van der Waals surface area contributed by atoms with Gasteiger partial charge in [0.15, 0.2) is 0 Å². The van der Waals surface area contributed by atoms with E-state index >= 15 is 0 Å². The van der Waals surface area contributed by atoms with E-state index in [-0.39, 0.29) is 5.92 Å². The molecule has 0 saturated heterocycles. The van der Waals surface area contributed by atoms with Crippen LogP contribution in [0.2, 0.25) is 0 Å². The second kappa shape index (κ2) is 3.91. The second-order valence-corrected chi connectivity index (χ2v) is 4.08. The van der Waals surface area contributed by atoms with Crippen LogP contribution >= 0.6 is 0 Å². The maximum atomic E-state index is 9.42. The molecule has 0 aromatic carbocycles. The fraction of sp³-hybridized carbons (Fsp3) is 0.900. The van der Waals surface area contributed by atoms with Crippen molar-refractivity contribution in [3.05, 3.63) is 0 Å². The van der Waals surface area contributed by atoms with Crippen molar-refractivity contribution in [2.75, 3.05) is 0 Å². The predicted molar refractivity (Wildman–Crippen MR) is 47.3 cm³/mol. The van der Waals surface area contributed by atoms with Gasteiger partial charge in [-0.25, -0.2) is 0 Å². The molecule has 0 bridgehead atoms. The smallest absolute Gasteiger partial charge is 0.143 e. The third-order valence-corrected chi connectivity index (χ3v) is 3.02. The summed E-state index contributed by atoms with van der Waals surface area (Å²) in [6.45, 7) is 4.35. The van der Waals surface area contributed by atoms with Crippen LogP contribution in [0.15, 0.2) is 0 Å². The third-order valence-electron chi connectivity index (χ3n) is 3.02. The molecule has 1 saturated carbocycles. The lowest BCUT2D eigenvalue weighted by Gasteiger charge is -2.23. The SMILES string of the molecule is CC(C)C1CCCC1C(O)C#N. The summed E-state index contributed by atoms with van der Waals surface area (Å²) >= 11 is 0. The summed E-state index contributed by atoms with van der Waals surface area (Å²) in [5.74, 6) is 1.38. The van der Waals surface area contributed by atoms with Crippen molar-refractivity contribution in [2.45, 2.75) is 39.2 Å². The van der Waals surface area contributed by atoms with Gasteiger partial charge in [0.1, 0.15) is 6.10 Å². The predicted octanol–water partition coefficient (Wildman–Crippen LogP) is 1.94. The van der Waals surface area contributed by atoms with Crippen molar-refractivity contribution in [2.24, 2.45) is 17.8 Å². The van der Waals surface area contributed by atoms with Crippen LogP contribution in [0.1, 0.15) is 33.1 Å². The Bertz CT molecular complexity index is 183. The maximum Gasteiger partial charge on any atom is 0.143 e. The molecule has 12 heavy (non-hydrogen) atoms. The van der Waals surface area contributed by atoms with Crippen molar-refractivity contribution < 1.29 is 5.11 Å². The first-order chi connectivity index (χ1) is 5.66. The molecule has 1 rings (SSSR count). The molecule has 0 amide bonds. The van der Waals surface area contributed by atoms with Crippen molar-refractivity contribution in [3.63, 3.8) is 0 Å². The fourth-order valence-corrected chi connectivity index (χ4v) is 2.33. The Labute approximate surface area is 74.2 Å². The van der Waals surface area contributed by atoms with E-state index in [0.717, 1.165) is 6.42 Å². The lowest BCUT2D eigenvalue weighted by atomic mass is 9.83. The van der Waals surface area contributed by atoms with E-state index in [2.05, 4.69) is 13.8 Å². The summed E-state index contributed by atoms with van der Waals surface area (Å²) in [7, 11) is 0. The highest BCUT2D eigenvalue weighted by molar-refractivity contribution is 4.94. The number of rotatable bonds is 2. The number of hydrogen-bond acceptors (Lipinski definition) is 2. The van der Waals surface area contributed by atoms with Gasteiger partial charge in [0.05, 0.1) is 6.07 Å². The van der Waals surface area contributed by atoms with Gasteiger partial charge >= 0.3 is 0 Å². The quantitative estimate of drug-likeness (QED) is 0.639. The largest absolute Gasteiger partial charge is 0.378 e. The number of hydrogen-bond donors (Lipinski definition) is 1. The molecule has 0 spiro atoms. The van der Waals surface area contributed by atoms with Gasteiger partial charge in [-0.05, 0) is 24.7 Å². The highest BCUT2D eigenvalue weighted by Gasteiger charge is 2.34. The van der Waals surface area contributed by atoms with Gasteiger partial charge in [-0.2, -0.15) is 5.26 Å². The Morgan fingerprint density at radius 2 is 1.92 bits per heavy atom. The van der Waals surface area contributed by atoms with E-state index in [4.69, 9.17) is 5.26 Å². The average molecular weight is 167 g/mol. The van der Waals surface area contributed by atoms with E-state index in [1.807, 2.05) is 6.07 Å². The molecule has 2 nitrogen and oxygen atoms in total. The summed E-state index contributed by atoms with van der Waals surface area (Å²) in [6, 6.07) is 1.95. The molecule has 1 N–H and O–H groups in total. The molecule has 68 valence electrons. The zero-order valence-corrected chi connectivity index (χ0v) is 7.83. The number of nitrogens with zero attached hydrogens (tertiary/aromatic N) is 1.